The molecule has 1 atom stereocenters. The van der Waals surface area contributed by atoms with Crippen molar-refractivity contribution < 1.29 is 4.79 Å². The first-order chi connectivity index (χ1) is 9.12. The highest BCUT2D eigenvalue weighted by Crippen LogP contribution is 2.39. The van der Waals surface area contributed by atoms with Gasteiger partial charge in [0.05, 0.1) is 11.0 Å². The molecule has 1 aliphatic rings. The first-order valence-corrected chi connectivity index (χ1v) is 8.13. The summed E-state index contributed by atoms with van der Waals surface area (Å²) < 4.78 is 0. The van der Waals surface area contributed by atoms with E-state index < -0.39 is 0 Å². The van der Waals surface area contributed by atoms with E-state index in [-0.39, 0.29) is 23.8 Å². The minimum Gasteiger partial charge on any atom is -0.392 e. The number of nitrogens with one attached hydrogen (secondary N) is 1. The fraction of sp³-hybridized carbons (Fsp3) is 0.875. The van der Waals surface area contributed by atoms with Gasteiger partial charge in [-0.2, -0.15) is 0 Å². The molecule has 20 heavy (non-hydrogen) atoms. The Labute approximate surface area is 129 Å². The molecule has 1 fully saturated rings. The normalized spacial score (nSPS) is 25.3. The van der Waals surface area contributed by atoms with Gasteiger partial charge in [0.2, 0.25) is 5.91 Å². The summed E-state index contributed by atoms with van der Waals surface area (Å²) in [6.45, 7) is 10.9. The second-order valence-electron chi connectivity index (χ2n) is 7.55. The summed E-state index contributed by atoms with van der Waals surface area (Å²) in [7, 11) is 0. The largest absolute Gasteiger partial charge is 0.392 e. The van der Waals surface area contributed by atoms with Gasteiger partial charge in [-0.15, -0.1) is 0 Å². The van der Waals surface area contributed by atoms with Crippen molar-refractivity contribution in [3.63, 3.8) is 0 Å². The molecule has 0 heterocycles. The third-order valence-corrected chi connectivity index (χ3v) is 4.85. The molecule has 116 valence electrons. The van der Waals surface area contributed by atoms with Crippen LogP contribution in [0.4, 0.5) is 0 Å². The van der Waals surface area contributed by atoms with Gasteiger partial charge < -0.3 is 11.1 Å². The van der Waals surface area contributed by atoms with Gasteiger partial charge in [-0.1, -0.05) is 46.8 Å². The minimum atomic E-state index is -0.183. The van der Waals surface area contributed by atoms with Crippen molar-refractivity contribution in [1.82, 2.24) is 5.32 Å². The highest BCUT2D eigenvalue weighted by molar-refractivity contribution is 7.80. The van der Waals surface area contributed by atoms with Crippen molar-refractivity contribution >= 4 is 23.1 Å². The van der Waals surface area contributed by atoms with Crippen LogP contribution < -0.4 is 11.1 Å². The van der Waals surface area contributed by atoms with Crippen LogP contribution in [0, 0.1) is 23.2 Å². The van der Waals surface area contributed by atoms with E-state index in [0.29, 0.717) is 10.4 Å². The van der Waals surface area contributed by atoms with Crippen molar-refractivity contribution in [1.29, 1.82) is 0 Å². The molecule has 1 aliphatic carbocycles. The lowest BCUT2D eigenvalue weighted by Gasteiger charge is -2.37. The summed E-state index contributed by atoms with van der Waals surface area (Å²) in [6.07, 6.45) is 4.24. The Bertz CT molecular complexity index is 352. The fourth-order valence-corrected chi connectivity index (χ4v) is 3.39. The zero-order chi connectivity index (χ0) is 15.5. The number of hydrogen-bond acceptors (Lipinski definition) is 2. The minimum absolute atomic E-state index is 0.129. The first kappa shape index (κ1) is 17.4. The van der Waals surface area contributed by atoms with Crippen molar-refractivity contribution in [3.8, 4) is 0 Å². The lowest BCUT2D eigenvalue weighted by Crippen LogP contribution is -2.49. The molecule has 0 spiro atoms. The van der Waals surface area contributed by atoms with Crippen LogP contribution in [0.2, 0.25) is 0 Å². The Morgan fingerprint density at radius 3 is 2.05 bits per heavy atom. The van der Waals surface area contributed by atoms with Crippen LogP contribution in [-0.4, -0.2) is 16.9 Å². The SMILES string of the molecule is CC(C)C(NC(=O)C1CCC(C(C)(C)C)CC1)C(N)=S. The topological polar surface area (TPSA) is 55.1 Å². The zero-order valence-corrected chi connectivity index (χ0v) is 14.3. The molecule has 3 nitrogen and oxygen atoms in total. The summed E-state index contributed by atoms with van der Waals surface area (Å²) in [5.41, 5.74) is 6.06. The summed E-state index contributed by atoms with van der Waals surface area (Å²) in [6, 6.07) is -0.183. The molecule has 1 amide bonds. The van der Waals surface area contributed by atoms with Gasteiger partial charge >= 0.3 is 0 Å². The van der Waals surface area contributed by atoms with E-state index in [2.05, 4.69) is 26.1 Å². The van der Waals surface area contributed by atoms with Gasteiger partial charge in [0.25, 0.3) is 0 Å². The zero-order valence-electron chi connectivity index (χ0n) is 13.5. The number of hydrogen-bond donors (Lipinski definition) is 2. The van der Waals surface area contributed by atoms with Crippen LogP contribution in [0.25, 0.3) is 0 Å². The van der Waals surface area contributed by atoms with E-state index in [4.69, 9.17) is 18.0 Å². The number of amides is 1. The summed E-state index contributed by atoms with van der Waals surface area (Å²) in [5, 5.41) is 3.03. The van der Waals surface area contributed by atoms with Crippen LogP contribution in [0.3, 0.4) is 0 Å². The smallest absolute Gasteiger partial charge is 0.223 e. The summed E-state index contributed by atoms with van der Waals surface area (Å²) in [5.74, 6) is 1.22. The maximum Gasteiger partial charge on any atom is 0.223 e. The van der Waals surface area contributed by atoms with Gasteiger partial charge in [0.1, 0.15) is 0 Å². The van der Waals surface area contributed by atoms with E-state index in [1.54, 1.807) is 0 Å². The predicted octanol–water partition coefficient (Wildman–Crippen LogP) is 3.27. The highest BCUT2D eigenvalue weighted by atomic mass is 32.1. The molecular formula is C16H30N2OS. The second kappa shape index (κ2) is 6.88. The Hall–Kier alpha value is -0.640. The lowest BCUT2D eigenvalue weighted by molar-refractivity contribution is -0.127. The van der Waals surface area contributed by atoms with Crippen LogP contribution in [-0.2, 0) is 4.79 Å². The lowest BCUT2D eigenvalue weighted by atomic mass is 9.69. The third kappa shape index (κ3) is 4.72. The molecule has 4 heteroatoms. The van der Waals surface area contributed by atoms with E-state index in [1.165, 1.54) is 0 Å². The molecule has 0 aromatic heterocycles. The first-order valence-electron chi connectivity index (χ1n) is 7.72. The molecule has 0 aromatic rings. The van der Waals surface area contributed by atoms with E-state index in [9.17, 15) is 4.79 Å². The van der Waals surface area contributed by atoms with Gasteiger partial charge in [-0.05, 0) is 42.9 Å². The van der Waals surface area contributed by atoms with Crippen LogP contribution in [0.1, 0.15) is 60.3 Å². The van der Waals surface area contributed by atoms with Crippen molar-refractivity contribution in [2.45, 2.75) is 66.3 Å². The molecule has 1 rings (SSSR count). The summed E-state index contributed by atoms with van der Waals surface area (Å²) >= 11 is 5.04. The fourth-order valence-electron chi connectivity index (χ4n) is 3.06. The Kier molecular flexibility index (Phi) is 5.99. The molecule has 0 saturated heterocycles. The molecule has 0 aliphatic heterocycles. The molecule has 0 radical (unpaired) electrons. The number of carbonyl (C=O) groups is 1. The van der Waals surface area contributed by atoms with E-state index >= 15 is 0 Å². The van der Waals surface area contributed by atoms with Crippen molar-refractivity contribution in [2.75, 3.05) is 0 Å². The van der Waals surface area contributed by atoms with Gasteiger partial charge in [0.15, 0.2) is 0 Å². The monoisotopic (exact) mass is 298 g/mol. The predicted molar refractivity (Wildman–Crippen MR) is 88.5 cm³/mol. The molecule has 0 bridgehead atoms. The molecule has 0 aromatic carbocycles. The van der Waals surface area contributed by atoms with Crippen LogP contribution in [0.15, 0.2) is 0 Å². The number of thiocarbonyl (C=S) groups is 1. The molecular weight excluding hydrogens is 268 g/mol. The standard InChI is InChI=1S/C16H30N2OS/c1-10(2)13(14(17)20)18-15(19)11-6-8-12(9-7-11)16(3,4)5/h10-13H,6-9H2,1-5H3,(H2,17,20)(H,18,19). The van der Waals surface area contributed by atoms with Crippen molar-refractivity contribution in [2.24, 2.45) is 28.9 Å². The quantitative estimate of drug-likeness (QED) is 0.783. The molecule has 1 saturated carbocycles. The summed E-state index contributed by atoms with van der Waals surface area (Å²) in [4.78, 5) is 12.7. The maximum absolute atomic E-state index is 12.3. The molecule has 1 unspecified atom stereocenters. The molecule has 3 N–H and O–H groups in total. The Morgan fingerprint density at radius 2 is 1.70 bits per heavy atom. The Morgan fingerprint density at radius 1 is 1.20 bits per heavy atom. The van der Waals surface area contributed by atoms with Crippen LogP contribution in [0.5, 0.6) is 0 Å². The van der Waals surface area contributed by atoms with Crippen LogP contribution >= 0.6 is 12.2 Å². The number of carbonyl (C=O) groups excluding carboxylic acids is 1. The third-order valence-electron chi connectivity index (χ3n) is 4.59. The van der Waals surface area contributed by atoms with E-state index in [1.807, 2.05) is 13.8 Å². The van der Waals surface area contributed by atoms with Gasteiger partial charge in [-0.3, -0.25) is 4.79 Å². The van der Waals surface area contributed by atoms with E-state index in [0.717, 1.165) is 31.6 Å². The van der Waals surface area contributed by atoms with Gasteiger partial charge in [0, 0.05) is 5.92 Å². The second-order valence-corrected chi connectivity index (χ2v) is 8.02. The number of rotatable bonds is 4. The maximum atomic E-state index is 12.3. The highest BCUT2D eigenvalue weighted by Gasteiger charge is 2.33. The average Bonchev–Trinajstić information content (AvgIpc) is 2.34. The average molecular weight is 298 g/mol. The Balaban J connectivity index is 2.53. The number of nitrogens with two attached hydrogens (primary N) is 1. The van der Waals surface area contributed by atoms with Gasteiger partial charge in [-0.25, -0.2) is 0 Å². The van der Waals surface area contributed by atoms with Crippen molar-refractivity contribution in [3.05, 3.63) is 0 Å².